The van der Waals surface area contributed by atoms with E-state index in [0.29, 0.717) is 29.2 Å². The zero-order valence-electron chi connectivity index (χ0n) is 16.4. The van der Waals surface area contributed by atoms with Crippen molar-refractivity contribution in [1.29, 1.82) is 0 Å². The van der Waals surface area contributed by atoms with Crippen LogP contribution < -0.4 is 10.6 Å². The molecule has 0 aliphatic carbocycles. The van der Waals surface area contributed by atoms with Crippen LogP contribution in [0.15, 0.2) is 23.2 Å². The molecule has 0 aliphatic rings. The molecule has 1 aromatic heterocycles. The first-order valence-corrected chi connectivity index (χ1v) is 9.56. The topological polar surface area (TPSA) is 63.5 Å². The highest BCUT2D eigenvalue weighted by Gasteiger charge is 2.14. The van der Waals surface area contributed by atoms with Gasteiger partial charge in [-0.3, -0.25) is 9.67 Å². The van der Waals surface area contributed by atoms with Gasteiger partial charge in [0.1, 0.15) is 0 Å². The molecule has 6 nitrogen and oxygen atoms in total. The van der Waals surface area contributed by atoms with Crippen LogP contribution in [0, 0.1) is 13.8 Å². The number of methoxy groups -OCH3 is 1. The van der Waals surface area contributed by atoms with Gasteiger partial charge in [-0.25, -0.2) is 0 Å². The summed E-state index contributed by atoms with van der Waals surface area (Å²) in [5, 5.41) is 12.5. The second-order valence-corrected chi connectivity index (χ2v) is 7.17. The molecule has 0 aliphatic heterocycles. The quantitative estimate of drug-likeness (QED) is 0.535. The second-order valence-electron chi connectivity index (χ2n) is 6.32. The lowest BCUT2D eigenvalue weighted by Gasteiger charge is -2.19. The lowest BCUT2D eigenvalue weighted by molar-refractivity contribution is 0.182. The molecule has 1 atom stereocenters. The number of guanidine groups is 1. The van der Waals surface area contributed by atoms with Crippen LogP contribution in [0.5, 0.6) is 0 Å². The third kappa shape index (κ3) is 5.61. The van der Waals surface area contributed by atoms with Crippen molar-refractivity contribution >= 4 is 29.2 Å². The van der Waals surface area contributed by atoms with E-state index in [1.54, 1.807) is 20.2 Å². The van der Waals surface area contributed by atoms with Gasteiger partial charge in [-0.15, -0.1) is 0 Å². The van der Waals surface area contributed by atoms with Crippen LogP contribution in [-0.2, 0) is 17.8 Å². The largest absolute Gasteiger partial charge is 0.383 e. The molecule has 0 bridgehead atoms. The molecule has 0 amide bonds. The minimum atomic E-state index is -0.0208. The molecule has 0 radical (unpaired) electrons. The van der Waals surface area contributed by atoms with E-state index in [0.717, 1.165) is 29.1 Å². The van der Waals surface area contributed by atoms with E-state index in [1.807, 2.05) is 30.7 Å². The number of aryl methyl sites for hydroxylation is 1. The first-order chi connectivity index (χ1) is 12.9. The molecular formula is C19H27Cl2N5O. The summed E-state index contributed by atoms with van der Waals surface area (Å²) in [5.74, 6) is 0.692. The predicted octanol–water partition coefficient (Wildman–Crippen LogP) is 3.88. The number of halogens is 2. The Hall–Kier alpha value is -1.76. The van der Waals surface area contributed by atoms with Crippen LogP contribution in [0.2, 0.25) is 10.0 Å². The Morgan fingerprint density at radius 2 is 2.07 bits per heavy atom. The van der Waals surface area contributed by atoms with E-state index in [9.17, 15) is 0 Å². The summed E-state index contributed by atoms with van der Waals surface area (Å²) in [6.45, 7) is 8.12. The number of rotatable bonds is 7. The highest BCUT2D eigenvalue weighted by Crippen LogP contribution is 2.26. The van der Waals surface area contributed by atoms with Gasteiger partial charge >= 0.3 is 0 Å². The van der Waals surface area contributed by atoms with E-state index in [2.05, 4.69) is 27.6 Å². The van der Waals surface area contributed by atoms with Crippen LogP contribution in [0.4, 0.5) is 0 Å². The second kappa shape index (κ2) is 9.97. The van der Waals surface area contributed by atoms with E-state index in [4.69, 9.17) is 27.9 Å². The zero-order valence-corrected chi connectivity index (χ0v) is 17.9. The summed E-state index contributed by atoms with van der Waals surface area (Å²) >= 11 is 12.3. The molecular weight excluding hydrogens is 385 g/mol. The fourth-order valence-electron chi connectivity index (χ4n) is 2.89. The maximum Gasteiger partial charge on any atom is 0.191 e. The molecule has 2 aromatic rings. The van der Waals surface area contributed by atoms with Crippen molar-refractivity contribution in [2.45, 2.75) is 39.9 Å². The molecule has 8 heteroatoms. The fourth-order valence-corrected chi connectivity index (χ4v) is 3.46. The third-order valence-electron chi connectivity index (χ3n) is 4.48. The van der Waals surface area contributed by atoms with Crippen LogP contribution in [0.3, 0.4) is 0 Å². The number of hydrogen-bond donors (Lipinski definition) is 2. The van der Waals surface area contributed by atoms with Gasteiger partial charge < -0.3 is 15.4 Å². The van der Waals surface area contributed by atoms with Crippen molar-refractivity contribution in [1.82, 2.24) is 20.4 Å². The molecule has 1 unspecified atom stereocenters. The molecule has 27 heavy (non-hydrogen) atoms. The number of aromatic nitrogens is 2. The van der Waals surface area contributed by atoms with E-state index in [-0.39, 0.29) is 6.04 Å². The summed E-state index contributed by atoms with van der Waals surface area (Å²) in [7, 11) is 3.44. The number of hydrogen-bond acceptors (Lipinski definition) is 3. The van der Waals surface area contributed by atoms with Crippen molar-refractivity contribution in [3.8, 4) is 0 Å². The van der Waals surface area contributed by atoms with Crippen molar-refractivity contribution in [2.24, 2.45) is 4.99 Å². The maximum absolute atomic E-state index is 6.30. The van der Waals surface area contributed by atoms with Crippen LogP contribution >= 0.6 is 23.2 Å². The summed E-state index contributed by atoms with van der Waals surface area (Å²) < 4.78 is 7.12. The summed E-state index contributed by atoms with van der Waals surface area (Å²) in [6, 6.07) is 5.48. The van der Waals surface area contributed by atoms with Gasteiger partial charge in [0.2, 0.25) is 0 Å². The number of nitrogens with zero attached hydrogens (tertiary/aromatic N) is 3. The van der Waals surface area contributed by atoms with Crippen LogP contribution in [-0.4, -0.2) is 36.5 Å². The molecule has 148 valence electrons. The van der Waals surface area contributed by atoms with Gasteiger partial charge in [0, 0.05) is 42.0 Å². The normalized spacial score (nSPS) is 12.9. The van der Waals surface area contributed by atoms with E-state index < -0.39 is 0 Å². The van der Waals surface area contributed by atoms with Gasteiger partial charge in [0.15, 0.2) is 5.96 Å². The Labute approximate surface area is 170 Å². The highest BCUT2D eigenvalue weighted by atomic mass is 35.5. The first-order valence-electron chi connectivity index (χ1n) is 8.81. The van der Waals surface area contributed by atoms with Crippen molar-refractivity contribution in [3.63, 3.8) is 0 Å². The van der Waals surface area contributed by atoms with Crippen LogP contribution in [0.1, 0.15) is 35.5 Å². The van der Waals surface area contributed by atoms with E-state index in [1.165, 1.54) is 0 Å². The van der Waals surface area contributed by atoms with Gasteiger partial charge in [0.25, 0.3) is 0 Å². The zero-order chi connectivity index (χ0) is 20.0. The summed E-state index contributed by atoms with van der Waals surface area (Å²) in [5.41, 5.74) is 4.25. The molecule has 2 N–H and O–H groups in total. The van der Waals surface area contributed by atoms with Crippen molar-refractivity contribution < 1.29 is 4.74 Å². The Morgan fingerprint density at radius 1 is 1.33 bits per heavy atom. The smallest absolute Gasteiger partial charge is 0.191 e. The van der Waals surface area contributed by atoms with Crippen molar-refractivity contribution in [2.75, 3.05) is 20.8 Å². The number of aliphatic imine (C=N–C) groups is 1. The lowest BCUT2D eigenvalue weighted by Crippen LogP contribution is -2.38. The highest BCUT2D eigenvalue weighted by molar-refractivity contribution is 6.35. The molecule has 0 fully saturated rings. The SMILES string of the molecule is CN=C(NCc1c(C)nn(CCOC)c1C)NC(C)c1ccc(Cl)cc1Cl. The average molecular weight is 412 g/mol. The predicted molar refractivity (Wildman–Crippen MR) is 112 cm³/mol. The Morgan fingerprint density at radius 3 is 2.70 bits per heavy atom. The van der Waals surface area contributed by atoms with Crippen LogP contribution in [0.25, 0.3) is 0 Å². The fraction of sp³-hybridized carbons (Fsp3) is 0.474. The molecule has 0 spiro atoms. The average Bonchev–Trinajstić information content (AvgIpc) is 2.90. The minimum Gasteiger partial charge on any atom is -0.383 e. The molecule has 1 heterocycles. The van der Waals surface area contributed by atoms with Gasteiger partial charge in [-0.1, -0.05) is 29.3 Å². The lowest BCUT2D eigenvalue weighted by atomic mass is 10.1. The Balaban J connectivity index is 2.02. The van der Waals surface area contributed by atoms with E-state index >= 15 is 0 Å². The summed E-state index contributed by atoms with van der Waals surface area (Å²) in [4.78, 5) is 4.31. The number of ether oxygens (including phenoxy) is 1. The van der Waals surface area contributed by atoms with Gasteiger partial charge in [-0.05, 0) is 38.5 Å². The Bertz CT molecular complexity index is 804. The minimum absolute atomic E-state index is 0.0208. The molecule has 2 rings (SSSR count). The molecule has 0 saturated heterocycles. The molecule has 1 aromatic carbocycles. The number of benzene rings is 1. The Kier molecular flexibility index (Phi) is 7.95. The standard InChI is InChI=1S/C19H27Cl2N5O/c1-12(16-7-6-15(20)10-18(16)21)24-19(22-4)23-11-17-13(2)25-26(14(17)3)8-9-27-5/h6-7,10,12H,8-9,11H2,1-5H3,(H2,22,23,24). The van der Waals surface area contributed by atoms with Gasteiger partial charge in [0.05, 0.1) is 24.9 Å². The molecule has 0 saturated carbocycles. The first kappa shape index (κ1) is 21.5. The monoisotopic (exact) mass is 411 g/mol. The van der Waals surface area contributed by atoms with Crippen molar-refractivity contribution in [3.05, 3.63) is 50.8 Å². The summed E-state index contributed by atoms with van der Waals surface area (Å²) in [6.07, 6.45) is 0. The van der Waals surface area contributed by atoms with Gasteiger partial charge in [-0.2, -0.15) is 5.10 Å². The number of nitrogens with one attached hydrogen (secondary N) is 2. The third-order valence-corrected chi connectivity index (χ3v) is 5.04. The maximum atomic E-state index is 6.30.